The maximum Gasteiger partial charge on any atom is 0.316 e. The first-order chi connectivity index (χ1) is 9.02. The zero-order valence-corrected chi connectivity index (χ0v) is 11.5. The van der Waals surface area contributed by atoms with Gasteiger partial charge in [0.1, 0.15) is 6.07 Å². The highest BCUT2D eigenvalue weighted by Crippen LogP contribution is 2.20. The van der Waals surface area contributed by atoms with Crippen LogP contribution >= 0.6 is 11.6 Å². The van der Waals surface area contributed by atoms with Gasteiger partial charge in [-0.1, -0.05) is 0 Å². The molecule has 0 saturated carbocycles. The van der Waals surface area contributed by atoms with Gasteiger partial charge in [-0.3, -0.25) is 4.79 Å². The molecule has 0 radical (unpaired) electrons. The number of amides is 1. The van der Waals surface area contributed by atoms with E-state index in [2.05, 4.69) is 9.97 Å². The van der Waals surface area contributed by atoms with Crippen molar-refractivity contribution in [3.05, 3.63) is 18.0 Å². The van der Waals surface area contributed by atoms with Gasteiger partial charge in [0.15, 0.2) is 0 Å². The molecular weight excluding hydrogens is 266 g/mol. The van der Waals surface area contributed by atoms with Crippen molar-refractivity contribution < 1.29 is 4.79 Å². The lowest BCUT2D eigenvalue weighted by Crippen LogP contribution is -2.57. The second-order valence-electron chi connectivity index (χ2n) is 4.65. The molecule has 0 spiro atoms. The molecule has 0 aromatic carbocycles. The molecule has 7 heteroatoms. The average Bonchev–Trinajstić information content (AvgIpc) is 2.37. The van der Waals surface area contributed by atoms with E-state index in [0.717, 1.165) is 0 Å². The molecule has 2 rings (SSSR count). The van der Waals surface area contributed by atoms with Crippen molar-refractivity contribution in [1.82, 2.24) is 14.9 Å². The largest absolute Gasteiger partial charge is 0.337 e. The van der Waals surface area contributed by atoms with Crippen LogP contribution in [0.5, 0.6) is 0 Å². The summed E-state index contributed by atoms with van der Waals surface area (Å²) in [5, 5.41) is 8.29. The number of hydrogen-bond donors (Lipinski definition) is 0. The number of nitrogens with zero attached hydrogens (tertiary/aromatic N) is 5. The minimum atomic E-state index is -0.430. The first kappa shape index (κ1) is 13.6. The van der Waals surface area contributed by atoms with Crippen molar-refractivity contribution in [2.24, 2.45) is 0 Å². The van der Waals surface area contributed by atoms with E-state index in [1.165, 1.54) is 12.4 Å². The lowest BCUT2D eigenvalue weighted by atomic mass is 10.1. The number of carbonyl (C=O) groups excluding carboxylic acids is 1. The lowest BCUT2D eigenvalue weighted by Gasteiger charge is -2.43. The molecule has 1 aromatic heterocycles. The number of carbonyl (C=O) groups is 1. The number of hydrogen-bond acceptors (Lipinski definition) is 5. The minimum absolute atomic E-state index is 0.00649. The fourth-order valence-corrected chi connectivity index (χ4v) is 2.71. The minimum Gasteiger partial charge on any atom is -0.337 e. The Morgan fingerprint density at radius 2 is 1.89 bits per heavy atom. The zero-order chi connectivity index (χ0) is 14.0. The van der Waals surface area contributed by atoms with Crippen molar-refractivity contribution in [1.29, 1.82) is 5.26 Å². The van der Waals surface area contributed by atoms with Gasteiger partial charge in [-0.25, -0.2) is 9.97 Å². The Balaban J connectivity index is 2.15. The maximum atomic E-state index is 11.4. The Hall–Kier alpha value is -1.87. The summed E-state index contributed by atoms with van der Waals surface area (Å²) in [5.41, 5.74) is 0.430. The van der Waals surface area contributed by atoms with Gasteiger partial charge in [0.25, 0.3) is 0 Å². The van der Waals surface area contributed by atoms with Crippen LogP contribution < -0.4 is 4.90 Å². The van der Waals surface area contributed by atoms with Crippen molar-refractivity contribution in [2.45, 2.75) is 25.9 Å². The summed E-state index contributed by atoms with van der Waals surface area (Å²) >= 11 is 5.58. The third kappa shape index (κ3) is 2.76. The molecule has 100 valence electrons. The van der Waals surface area contributed by atoms with E-state index in [1.54, 1.807) is 4.90 Å². The molecule has 1 fully saturated rings. The number of aromatic nitrogens is 2. The van der Waals surface area contributed by atoms with Crippen LogP contribution in [-0.4, -0.2) is 45.4 Å². The van der Waals surface area contributed by atoms with Crippen LogP contribution in [0.25, 0.3) is 0 Å². The van der Waals surface area contributed by atoms with Gasteiger partial charge in [0.05, 0.1) is 18.0 Å². The summed E-state index contributed by atoms with van der Waals surface area (Å²) in [6.07, 6.45) is 2.99. The van der Waals surface area contributed by atoms with Gasteiger partial charge in [-0.2, -0.15) is 5.26 Å². The number of anilines is 1. The normalized spacial score (nSPS) is 23.1. The fourth-order valence-electron chi connectivity index (χ4n) is 2.37. The smallest absolute Gasteiger partial charge is 0.316 e. The quantitative estimate of drug-likeness (QED) is 0.577. The molecule has 2 atom stereocenters. The molecule has 0 bridgehead atoms. The number of piperazine rings is 1. The van der Waals surface area contributed by atoms with E-state index in [1.807, 2.05) is 24.8 Å². The van der Waals surface area contributed by atoms with Crippen LogP contribution in [0.1, 0.15) is 19.4 Å². The second kappa shape index (κ2) is 5.41. The summed E-state index contributed by atoms with van der Waals surface area (Å²) < 4.78 is 0. The molecule has 1 amide bonds. The monoisotopic (exact) mass is 279 g/mol. The lowest BCUT2D eigenvalue weighted by molar-refractivity contribution is 0.162. The van der Waals surface area contributed by atoms with E-state index in [-0.39, 0.29) is 12.1 Å². The van der Waals surface area contributed by atoms with Gasteiger partial charge in [-0.15, -0.1) is 0 Å². The molecule has 19 heavy (non-hydrogen) atoms. The average molecular weight is 280 g/mol. The van der Waals surface area contributed by atoms with E-state index >= 15 is 0 Å². The maximum absolute atomic E-state index is 11.4. The van der Waals surface area contributed by atoms with Crippen LogP contribution in [0.3, 0.4) is 0 Å². The Labute approximate surface area is 116 Å². The van der Waals surface area contributed by atoms with E-state index in [9.17, 15) is 4.79 Å². The molecule has 1 unspecified atom stereocenters. The van der Waals surface area contributed by atoms with Gasteiger partial charge in [0, 0.05) is 25.2 Å². The fraction of sp³-hybridized carbons (Fsp3) is 0.500. The Kier molecular flexibility index (Phi) is 3.86. The van der Waals surface area contributed by atoms with Gasteiger partial charge < -0.3 is 9.80 Å². The van der Waals surface area contributed by atoms with Crippen molar-refractivity contribution in [3.8, 4) is 6.07 Å². The zero-order valence-electron chi connectivity index (χ0n) is 10.7. The summed E-state index contributed by atoms with van der Waals surface area (Å²) in [6.45, 7) is 5.11. The Morgan fingerprint density at radius 3 is 2.32 bits per heavy atom. The molecule has 1 aliphatic heterocycles. The summed E-state index contributed by atoms with van der Waals surface area (Å²) in [4.78, 5) is 23.3. The standard InChI is InChI=1S/C12H14ClN5O/c1-8-6-17(7-9(2)18(8)11(13)19)12-15-4-10(3-14)5-16-12/h4-5,8-9H,6-7H2,1-2H3/t8-,9?/m0/s1. The van der Waals surface area contributed by atoms with Crippen LogP contribution in [0.2, 0.25) is 0 Å². The highest BCUT2D eigenvalue weighted by molar-refractivity contribution is 6.62. The van der Waals surface area contributed by atoms with Crippen LogP contribution in [0, 0.1) is 11.3 Å². The molecule has 0 N–H and O–H groups in total. The van der Waals surface area contributed by atoms with E-state index < -0.39 is 5.37 Å². The summed E-state index contributed by atoms with van der Waals surface area (Å²) in [7, 11) is 0. The summed E-state index contributed by atoms with van der Waals surface area (Å²) in [6, 6.07) is 1.97. The third-order valence-electron chi connectivity index (χ3n) is 3.17. The Bertz CT molecular complexity index is 500. The molecule has 2 heterocycles. The Morgan fingerprint density at radius 1 is 1.37 bits per heavy atom. The number of halogens is 1. The molecule has 1 saturated heterocycles. The molecule has 1 aliphatic rings. The molecule has 0 aliphatic carbocycles. The van der Waals surface area contributed by atoms with Crippen molar-refractivity contribution in [3.63, 3.8) is 0 Å². The highest BCUT2D eigenvalue weighted by atomic mass is 35.5. The topological polar surface area (TPSA) is 73.1 Å². The number of nitriles is 1. The highest BCUT2D eigenvalue weighted by Gasteiger charge is 2.32. The molecular formula is C12H14ClN5O. The van der Waals surface area contributed by atoms with Gasteiger partial charge >= 0.3 is 5.37 Å². The van der Waals surface area contributed by atoms with Crippen molar-refractivity contribution >= 4 is 22.9 Å². The first-order valence-electron chi connectivity index (χ1n) is 5.97. The van der Waals surface area contributed by atoms with Gasteiger partial charge in [0.2, 0.25) is 5.95 Å². The van der Waals surface area contributed by atoms with Crippen LogP contribution in [0.4, 0.5) is 10.7 Å². The first-order valence-corrected chi connectivity index (χ1v) is 6.35. The van der Waals surface area contributed by atoms with Crippen LogP contribution in [0.15, 0.2) is 12.4 Å². The summed E-state index contributed by atoms with van der Waals surface area (Å²) in [5.74, 6) is 0.569. The van der Waals surface area contributed by atoms with Gasteiger partial charge in [-0.05, 0) is 25.4 Å². The number of rotatable bonds is 1. The molecule has 6 nitrogen and oxygen atoms in total. The second-order valence-corrected chi connectivity index (χ2v) is 4.97. The van der Waals surface area contributed by atoms with E-state index in [4.69, 9.17) is 16.9 Å². The predicted octanol–water partition coefficient (Wildman–Crippen LogP) is 1.61. The molecule has 1 aromatic rings. The third-order valence-corrected chi connectivity index (χ3v) is 3.37. The van der Waals surface area contributed by atoms with E-state index in [0.29, 0.717) is 24.6 Å². The van der Waals surface area contributed by atoms with Crippen molar-refractivity contribution in [2.75, 3.05) is 18.0 Å². The SMILES string of the molecule is CC1CN(c2ncc(C#N)cn2)C[C@H](C)N1C(=O)Cl. The predicted molar refractivity (Wildman–Crippen MR) is 71.0 cm³/mol. The van der Waals surface area contributed by atoms with Crippen LogP contribution in [-0.2, 0) is 0 Å².